The highest BCUT2D eigenvalue weighted by atomic mass is 16.8. The van der Waals surface area contributed by atoms with Gasteiger partial charge in [-0.05, 0) is 32.1 Å². The molecule has 0 aromatic heterocycles. The van der Waals surface area contributed by atoms with Crippen molar-refractivity contribution in [2.24, 2.45) is 0 Å². The molecule has 19 nitrogen and oxygen atoms in total. The molecule has 3 fully saturated rings. The van der Waals surface area contributed by atoms with Crippen LogP contribution in [0.15, 0.2) is 24.3 Å². The maximum Gasteiger partial charge on any atom is 0.220 e. The van der Waals surface area contributed by atoms with Crippen molar-refractivity contribution in [1.29, 1.82) is 0 Å². The molecule has 17 unspecified atom stereocenters. The fraction of sp³-hybridized carbons (Fsp3) is 0.939. The van der Waals surface area contributed by atoms with Crippen LogP contribution in [0, 0.1) is 0 Å². The van der Waals surface area contributed by atoms with Crippen LogP contribution < -0.4 is 5.32 Å². The van der Waals surface area contributed by atoms with Crippen LogP contribution >= 0.6 is 0 Å². The number of nitrogens with one attached hydrogen (secondary N) is 1. The SMILES string of the molecule is CCCCCCCCCCCCCCCCCCCCCCCCCCCCC/C=C/CC/C=C/C(O)C(COC1OC(CO)C(OC2OC(CO)C(OC3OC(CO)C(O)C(O)C3O)C(O)C2O)C(O)C1O)NC(=O)CCCCCCCCCCCCCCCCCCCCCCCCC. The minimum atomic E-state index is -1.98. The lowest BCUT2D eigenvalue weighted by Gasteiger charge is -2.48. The lowest BCUT2D eigenvalue weighted by Crippen LogP contribution is -2.66. The maximum absolute atomic E-state index is 13.5. The van der Waals surface area contributed by atoms with E-state index >= 15 is 0 Å². The number of aliphatic hydroxyl groups is 11. The average molecular weight is 1440 g/mol. The van der Waals surface area contributed by atoms with Crippen LogP contribution in [-0.4, -0.2) is 193 Å². The number of allylic oxidation sites excluding steroid dienone is 3. The van der Waals surface area contributed by atoms with Gasteiger partial charge in [-0.15, -0.1) is 0 Å². The number of carbonyl (C=O) groups excluding carboxylic acids is 1. The van der Waals surface area contributed by atoms with E-state index < -0.39 is 124 Å². The Bertz CT molecular complexity index is 1920. The number of hydrogen-bond donors (Lipinski definition) is 12. The highest BCUT2D eigenvalue weighted by Crippen LogP contribution is 2.33. The van der Waals surface area contributed by atoms with Crippen molar-refractivity contribution in [3.63, 3.8) is 0 Å². The summed E-state index contributed by atoms with van der Waals surface area (Å²) in [5.74, 6) is -0.277. The third-order valence-corrected chi connectivity index (χ3v) is 21.3. The van der Waals surface area contributed by atoms with Gasteiger partial charge in [0, 0.05) is 6.42 Å². The summed E-state index contributed by atoms with van der Waals surface area (Å²) < 4.78 is 34.5. The summed E-state index contributed by atoms with van der Waals surface area (Å²) in [7, 11) is 0. The van der Waals surface area contributed by atoms with Crippen LogP contribution in [0.1, 0.15) is 361 Å². The van der Waals surface area contributed by atoms with Crippen LogP contribution in [0.5, 0.6) is 0 Å². The predicted octanol–water partition coefficient (Wildman–Crippen LogP) is 14.5. The molecule has 0 radical (unpaired) electrons. The molecule has 0 aliphatic carbocycles. The van der Waals surface area contributed by atoms with E-state index in [1.54, 1.807) is 6.08 Å². The van der Waals surface area contributed by atoms with Gasteiger partial charge in [0.05, 0.1) is 38.6 Å². The summed E-state index contributed by atoms with van der Waals surface area (Å²) in [6.45, 7) is 1.78. The van der Waals surface area contributed by atoms with E-state index in [2.05, 4.69) is 31.3 Å². The summed E-state index contributed by atoms with van der Waals surface area (Å²) in [5, 5.41) is 121. The summed E-state index contributed by atoms with van der Waals surface area (Å²) >= 11 is 0. The molecule has 3 saturated heterocycles. The molecule has 0 aromatic rings. The second-order valence-corrected chi connectivity index (χ2v) is 30.3. The van der Waals surface area contributed by atoms with E-state index in [0.29, 0.717) is 12.8 Å². The van der Waals surface area contributed by atoms with Crippen molar-refractivity contribution in [1.82, 2.24) is 5.32 Å². The van der Waals surface area contributed by atoms with E-state index in [1.165, 1.54) is 289 Å². The Morgan fingerprint density at radius 3 is 0.990 bits per heavy atom. The monoisotopic (exact) mass is 1440 g/mol. The van der Waals surface area contributed by atoms with Gasteiger partial charge < -0.3 is 89.9 Å². The first-order valence-electron chi connectivity index (χ1n) is 42.1. The number of ether oxygens (including phenoxy) is 6. The molecule has 596 valence electrons. The molecule has 3 heterocycles. The number of amides is 1. The smallest absolute Gasteiger partial charge is 0.220 e. The quantitative estimate of drug-likeness (QED) is 0.0199. The molecule has 0 aromatic carbocycles. The summed E-state index contributed by atoms with van der Waals surface area (Å²) in [4.78, 5) is 13.5. The zero-order valence-corrected chi connectivity index (χ0v) is 63.9. The molecule has 19 heteroatoms. The van der Waals surface area contributed by atoms with Crippen LogP contribution in [0.2, 0.25) is 0 Å². The Kier molecular flexibility index (Phi) is 58.5. The second-order valence-electron chi connectivity index (χ2n) is 30.3. The van der Waals surface area contributed by atoms with Crippen LogP contribution in [0.3, 0.4) is 0 Å². The van der Waals surface area contributed by atoms with Crippen LogP contribution in [-0.2, 0) is 33.2 Å². The van der Waals surface area contributed by atoms with Gasteiger partial charge in [-0.2, -0.15) is 0 Å². The van der Waals surface area contributed by atoms with Crippen molar-refractivity contribution in [3.05, 3.63) is 24.3 Å². The average Bonchev–Trinajstić information content (AvgIpc) is 0.792. The number of hydrogen-bond acceptors (Lipinski definition) is 18. The van der Waals surface area contributed by atoms with Crippen LogP contribution in [0.25, 0.3) is 0 Å². The fourth-order valence-corrected chi connectivity index (χ4v) is 14.5. The zero-order chi connectivity index (χ0) is 73.2. The van der Waals surface area contributed by atoms with E-state index in [9.17, 15) is 61.0 Å². The normalized spacial score (nSPS) is 26.4. The lowest BCUT2D eigenvalue weighted by atomic mass is 9.96. The first kappa shape index (κ1) is 93.5. The number of unbranched alkanes of at least 4 members (excludes halogenated alkanes) is 50. The Morgan fingerprint density at radius 1 is 0.347 bits per heavy atom. The lowest BCUT2D eigenvalue weighted by molar-refractivity contribution is -0.379. The Balaban J connectivity index is 1.36. The first-order chi connectivity index (χ1) is 49.3. The zero-order valence-electron chi connectivity index (χ0n) is 63.9. The van der Waals surface area contributed by atoms with Crippen molar-refractivity contribution in [2.45, 2.75) is 465 Å². The van der Waals surface area contributed by atoms with Crippen molar-refractivity contribution in [3.8, 4) is 0 Å². The second kappa shape index (κ2) is 63.2. The van der Waals surface area contributed by atoms with E-state index in [4.69, 9.17) is 28.4 Å². The third-order valence-electron chi connectivity index (χ3n) is 21.3. The summed E-state index contributed by atoms with van der Waals surface area (Å²) in [6.07, 6.45) is 50.4. The predicted molar refractivity (Wildman–Crippen MR) is 402 cm³/mol. The standard InChI is InChI=1S/C82H155NO18/c1-3-5-7-9-11-13-15-17-19-21-23-25-27-28-29-30-31-32-33-34-35-36-38-39-41-43-45-47-49-51-53-55-57-59-66(87)65(83-70(88)60-58-56-54-52-50-48-46-44-42-40-37-26-24-22-20-18-16-14-12-10-8-6-4-2)64-96-80-76(94)73(91)78(68(62-85)98-80)101-82-77(95)74(92)79(69(63-86)99-82)100-81-75(93)72(90)71(89)67(61-84)97-81/h49,51,57,59,65-69,71-82,84-87,89-95H,3-48,50,52-56,58,60-64H2,1-2H3,(H,83,88)/b51-49+,59-57+. The Hall–Kier alpha value is -1.73. The largest absolute Gasteiger partial charge is 0.394 e. The van der Waals surface area contributed by atoms with E-state index in [0.717, 1.165) is 38.5 Å². The highest BCUT2D eigenvalue weighted by Gasteiger charge is 2.54. The topological polar surface area (TPSA) is 307 Å². The number of rotatable bonds is 68. The van der Waals surface area contributed by atoms with Crippen molar-refractivity contribution >= 4 is 5.91 Å². The number of aliphatic hydroxyl groups excluding tert-OH is 11. The minimum absolute atomic E-state index is 0.241. The molecule has 3 aliphatic rings. The van der Waals surface area contributed by atoms with Gasteiger partial charge in [0.25, 0.3) is 0 Å². The van der Waals surface area contributed by atoms with E-state index in [-0.39, 0.29) is 18.9 Å². The van der Waals surface area contributed by atoms with Gasteiger partial charge in [0.15, 0.2) is 18.9 Å². The molecular formula is C82H155NO18. The van der Waals surface area contributed by atoms with Gasteiger partial charge in [0.2, 0.25) is 5.91 Å². The van der Waals surface area contributed by atoms with Crippen molar-refractivity contribution < 1.29 is 89.4 Å². The van der Waals surface area contributed by atoms with E-state index in [1.807, 2.05) is 6.08 Å². The molecule has 12 N–H and O–H groups in total. The van der Waals surface area contributed by atoms with Gasteiger partial charge in [-0.1, -0.05) is 346 Å². The Labute approximate surface area is 613 Å². The fourth-order valence-electron chi connectivity index (χ4n) is 14.5. The molecule has 0 saturated carbocycles. The molecule has 0 bridgehead atoms. The third kappa shape index (κ3) is 43.2. The van der Waals surface area contributed by atoms with Gasteiger partial charge >= 0.3 is 0 Å². The molecule has 17 atom stereocenters. The summed E-state index contributed by atoms with van der Waals surface area (Å²) in [5.41, 5.74) is 0. The first-order valence-corrected chi connectivity index (χ1v) is 42.1. The van der Waals surface area contributed by atoms with Crippen LogP contribution in [0.4, 0.5) is 0 Å². The molecule has 0 spiro atoms. The van der Waals surface area contributed by atoms with Gasteiger partial charge in [-0.25, -0.2) is 0 Å². The summed E-state index contributed by atoms with van der Waals surface area (Å²) in [6, 6.07) is -0.988. The molecule has 101 heavy (non-hydrogen) atoms. The highest BCUT2D eigenvalue weighted by molar-refractivity contribution is 5.76. The minimum Gasteiger partial charge on any atom is -0.394 e. The molecule has 1 amide bonds. The Morgan fingerprint density at radius 2 is 0.634 bits per heavy atom. The molecule has 3 aliphatic heterocycles. The molecular weight excluding hydrogens is 1290 g/mol. The van der Waals surface area contributed by atoms with Gasteiger partial charge in [0.1, 0.15) is 73.2 Å². The van der Waals surface area contributed by atoms with Gasteiger partial charge in [-0.3, -0.25) is 4.79 Å². The van der Waals surface area contributed by atoms with Crippen molar-refractivity contribution in [2.75, 3.05) is 26.4 Å². The number of carbonyl (C=O) groups is 1. The molecule has 3 rings (SSSR count). The maximum atomic E-state index is 13.5.